The standard InChI is InChI=1S/C19H26N4O4/c1-2-27-19(26)22-8-5-16(6-9-22)23-13-15(10-17(23)24)18(25)21-12-14-4-3-7-20-11-14/h3-4,7,11,15-16H,2,5-6,8-10,12-13H2,1H3,(H,21,25). The molecule has 1 aromatic heterocycles. The minimum absolute atomic E-state index is 0.0195. The molecule has 1 aromatic rings. The summed E-state index contributed by atoms with van der Waals surface area (Å²) in [7, 11) is 0. The predicted molar refractivity (Wildman–Crippen MR) is 97.5 cm³/mol. The third-order valence-corrected chi connectivity index (χ3v) is 5.15. The normalized spacial score (nSPS) is 20.6. The maximum absolute atomic E-state index is 12.4. The first-order valence-corrected chi connectivity index (χ1v) is 9.46. The third-order valence-electron chi connectivity index (χ3n) is 5.15. The molecule has 8 heteroatoms. The number of aromatic nitrogens is 1. The number of piperidine rings is 1. The molecule has 2 fully saturated rings. The number of rotatable bonds is 5. The van der Waals surface area contributed by atoms with Gasteiger partial charge in [0.2, 0.25) is 11.8 Å². The highest BCUT2D eigenvalue weighted by atomic mass is 16.6. The van der Waals surface area contributed by atoms with E-state index in [1.807, 2.05) is 17.0 Å². The zero-order valence-corrected chi connectivity index (χ0v) is 15.6. The van der Waals surface area contributed by atoms with Gasteiger partial charge in [-0.05, 0) is 31.4 Å². The molecule has 2 aliphatic rings. The number of likely N-dealkylation sites (tertiary alicyclic amines) is 2. The molecule has 1 N–H and O–H groups in total. The van der Waals surface area contributed by atoms with E-state index in [-0.39, 0.29) is 36.3 Å². The van der Waals surface area contributed by atoms with Crippen LogP contribution in [-0.4, -0.2) is 65.0 Å². The van der Waals surface area contributed by atoms with E-state index >= 15 is 0 Å². The molecule has 27 heavy (non-hydrogen) atoms. The zero-order valence-electron chi connectivity index (χ0n) is 15.6. The Bertz CT molecular complexity index is 674. The van der Waals surface area contributed by atoms with Crippen LogP contribution in [0.5, 0.6) is 0 Å². The Labute approximate surface area is 158 Å². The van der Waals surface area contributed by atoms with Gasteiger partial charge in [0.25, 0.3) is 0 Å². The van der Waals surface area contributed by atoms with Gasteiger partial charge in [-0.3, -0.25) is 14.6 Å². The van der Waals surface area contributed by atoms with Gasteiger partial charge >= 0.3 is 6.09 Å². The molecule has 3 heterocycles. The van der Waals surface area contributed by atoms with Crippen molar-refractivity contribution in [3.63, 3.8) is 0 Å². The van der Waals surface area contributed by atoms with E-state index in [0.29, 0.717) is 45.6 Å². The van der Waals surface area contributed by atoms with Crippen molar-refractivity contribution in [2.24, 2.45) is 5.92 Å². The van der Waals surface area contributed by atoms with Crippen molar-refractivity contribution in [1.82, 2.24) is 20.1 Å². The van der Waals surface area contributed by atoms with Crippen molar-refractivity contribution in [2.45, 2.75) is 38.8 Å². The van der Waals surface area contributed by atoms with Crippen molar-refractivity contribution in [2.75, 3.05) is 26.2 Å². The SMILES string of the molecule is CCOC(=O)N1CCC(N2CC(C(=O)NCc3cccnc3)CC2=O)CC1. The molecule has 1 unspecified atom stereocenters. The fraction of sp³-hybridized carbons (Fsp3) is 0.579. The minimum atomic E-state index is -0.322. The molecule has 0 radical (unpaired) electrons. The molecule has 3 amide bonds. The van der Waals surface area contributed by atoms with Gasteiger partial charge < -0.3 is 19.9 Å². The Morgan fingerprint density at radius 3 is 2.78 bits per heavy atom. The quantitative estimate of drug-likeness (QED) is 0.835. The minimum Gasteiger partial charge on any atom is -0.450 e. The molecular weight excluding hydrogens is 348 g/mol. The molecule has 8 nitrogen and oxygen atoms in total. The Hall–Kier alpha value is -2.64. The van der Waals surface area contributed by atoms with E-state index in [0.717, 1.165) is 5.56 Å². The summed E-state index contributed by atoms with van der Waals surface area (Å²) < 4.78 is 5.02. The summed E-state index contributed by atoms with van der Waals surface area (Å²) in [6.07, 6.45) is 4.78. The number of carbonyl (C=O) groups excluding carboxylic acids is 3. The number of nitrogens with one attached hydrogen (secondary N) is 1. The Morgan fingerprint density at radius 2 is 2.11 bits per heavy atom. The van der Waals surface area contributed by atoms with E-state index in [1.165, 1.54) is 0 Å². The molecule has 146 valence electrons. The Morgan fingerprint density at radius 1 is 1.33 bits per heavy atom. The van der Waals surface area contributed by atoms with Gasteiger partial charge in [-0.15, -0.1) is 0 Å². The lowest BCUT2D eigenvalue weighted by Crippen LogP contribution is -2.47. The van der Waals surface area contributed by atoms with Gasteiger partial charge in [0.15, 0.2) is 0 Å². The second-order valence-corrected chi connectivity index (χ2v) is 6.94. The van der Waals surface area contributed by atoms with Gasteiger partial charge in [0, 0.05) is 51.0 Å². The van der Waals surface area contributed by atoms with Crippen molar-refractivity contribution in [3.05, 3.63) is 30.1 Å². The molecule has 1 atom stereocenters. The summed E-state index contributed by atoms with van der Waals surface area (Å²) in [5.74, 6) is -0.401. The molecule has 0 saturated carbocycles. The van der Waals surface area contributed by atoms with Gasteiger partial charge in [-0.25, -0.2) is 4.79 Å². The average Bonchev–Trinajstić information content (AvgIpc) is 3.09. The van der Waals surface area contributed by atoms with E-state index in [2.05, 4.69) is 10.3 Å². The smallest absolute Gasteiger partial charge is 0.409 e. The molecule has 0 spiro atoms. The van der Waals surface area contributed by atoms with E-state index < -0.39 is 0 Å². The third kappa shape index (κ3) is 4.75. The van der Waals surface area contributed by atoms with Crippen LogP contribution in [0.15, 0.2) is 24.5 Å². The van der Waals surface area contributed by atoms with Crippen LogP contribution in [0.2, 0.25) is 0 Å². The van der Waals surface area contributed by atoms with E-state index in [4.69, 9.17) is 4.74 Å². The molecule has 0 bridgehead atoms. The molecule has 2 aliphatic heterocycles. The van der Waals surface area contributed by atoms with Gasteiger partial charge in [0.05, 0.1) is 12.5 Å². The van der Waals surface area contributed by atoms with Crippen LogP contribution in [0.4, 0.5) is 4.79 Å². The maximum atomic E-state index is 12.4. The number of nitrogens with zero attached hydrogens (tertiary/aromatic N) is 3. The van der Waals surface area contributed by atoms with E-state index in [1.54, 1.807) is 24.2 Å². The van der Waals surface area contributed by atoms with E-state index in [9.17, 15) is 14.4 Å². The Kier molecular flexibility index (Phi) is 6.26. The van der Waals surface area contributed by atoms with Crippen LogP contribution in [0.3, 0.4) is 0 Å². The van der Waals surface area contributed by atoms with Crippen molar-refractivity contribution in [1.29, 1.82) is 0 Å². The summed E-state index contributed by atoms with van der Waals surface area (Å²) in [5.41, 5.74) is 0.929. The lowest BCUT2D eigenvalue weighted by molar-refractivity contribution is -0.131. The predicted octanol–water partition coefficient (Wildman–Crippen LogP) is 1.17. The topological polar surface area (TPSA) is 91.8 Å². The molecule has 0 aliphatic carbocycles. The summed E-state index contributed by atoms with van der Waals surface area (Å²) in [5, 5.41) is 2.89. The lowest BCUT2D eigenvalue weighted by Gasteiger charge is -2.36. The first kappa shape index (κ1) is 19.1. The summed E-state index contributed by atoms with van der Waals surface area (Å²) in [6, 6.07) is 3.81. The Balaban J connectivity index is 1.47. The first-order chi connectivity index (χ1) is 13.1. The number of hydrogen-bond donors (Lipinski definition) is 1. The molecule has 0 aromatic carbocycles. The average molecular weight is 374 g/mol. The monoisotopic (exact) mass is 374 g/mol. The fourth-order valence-corrected chi connectivity index (χ4v) is 3.67. The van der Waals surface area contributed by atoms with Crippen LogP contribution < -0.4 is 5.32 Å². The number of carbonyl (C=O) groups is 3. The first-order valence-electron chi connectivity index (χ1n) is 9.46. The van der Waals surface area contributed by atoms with Crippen LogP contribution >= 0.6 is 0 Å². The van der Waals surface area contributed by atoms with Crippen molar-refractivity contribution < 1.29 is 19.1 Å². The number of ether oxygens (including phenoxy) is 1. The van der Waals surface area contributed by atoms with Crippen LogP contribution in [0, 0.1) is 5.92 Å². The summed E-state index contributed by atoms with van der Waals surface area (Å²) >= 11 is 0. The lowest BCUT2D eigenvalue weighted by atomic mass is 10.0. The van der Waals surface area contributed by atoms with Crippen molar-refractivity contribution in [3.8, 4) is 0 Å². The van der Waals surface area contributed by atoms with Gasteiger partial charge in [-0.1, -0.05) is 6.07 Å². The summed E-state index contributed by atoms with van der Waals surface area (Å²) in [6.45, 7) is 4.15. The highest BCUT2D eigenvalue weighted by Crippen LogP contribution is 2.26. The second kappa shape index (κ2) is 8.83. The van der Waals surface area contributed by atoms with Gasteiger partial charge in [-0.2, -0.15) is 0 Å². The summed E-state index contributed by atoms with van der Waals surface area (Å²) in [4.78, 5) is 44.1. The highest BCUT2D eigenvalue weighted by molar-refractivity contribution is 5.89. The van der Waals surface area contributed by atoms with Crippen molar-refractivity contribution >= 4 is 17.9 Å². The second-order valence-electron chi connectivity index (χ2n) is 6.94. The molecule has 3 rings (SSSR count). The van der Waals surface area contributed by atoms with Crippen LogP contribution in [0.1, 0.15) is 31.7 Å². The van der Waals surface area contributed by atoms with Crippen LogP contribution in [-0.2, 0) is 20.9 Å². The zero-order chi connectivity index (χ0) is 19.2. The largest absolute Gasteiger partial charge is 0.450 e. The number of amides is 3. The fourth-order valence-electron chi connectivity index (χ4n) is 3.67. The number of pyridine rings is 1. The molecule has 2 saturated heterocycles. The highest BCUT2D eigenvalue weighted by Gasteiger charge is 2.39. The van der Waals surface area contributed by atoms with Gasteiger partial charge in [0.1, 0.15) is 0 Å². The maximum Gasteiger partial charge on any atom is 0.409 e. The molecular formula is C19H26N4O4. The van der Waals surface area contributed by atoms with Crippen LogP contribution in [0.25, 0.3) is 0 Å². The number of hydrogen-bond acceptors (Lipinski definition) is 5.